The zero-order chi connectivity index (χ0) is 20.7. The lowest BCUT2D eigenvalue weighted by molar-refractivity contribution is -0.917. The van der Waals surface area contributed by atoms with E-state index >= 15 is 0 Å². The summed E-state index contributed by atoms with van der Waals surface area (Å²) in [6.07, 6.45) is 0.726. The van der Waals surface area contributed by atoms with E-state index in [4.69, 9.17) is 4.74 Å². The number of quaternary nitrogens is 1. The molecule has 7 nitrogen and oxygen atoms in total. The minimum absolute atomic E-state index is 0.726. The van der Waals surface area contributed by atoms with Crippen molar-refractivity contribution < 1.29 is 31.5 Å². The van der Waals surface area contributed by atoms with Gasteiger partial charge in [0.05, 0.1) is 33.9 Å². The minimum atomic E-state index is -4.41. The average Bonchev–Trinajstić information content (AvgIpc) is 3.23. The molecule has 2 aromatic rings. The van der Waals surface area contributed by atoms with E-state index < -0.39 is 16.0 Å². The third-order valence-corrected chi connectivity index (χ3v) is 6.11. The molecular formula is C19H27NO6S2. The molecule has 0 spiro atoms. The molecule has 1 aliphatic rings. The number of likely N-dealkylation sites (N-methyl/N-ethyl adjacent to an activating group) is 1. The Bertz CT molecular complexity index is 804. The number of aliphatic hydroxyl groups is 1. The van der Waals surface area contributed by atoms with Crippen molar-refractivity contribution in [3.05, 3.63) is 58.3 Å². The molecule has 1 aromatic heterocycles. The van der Waals surface area contributed by atoms with Crippen LogP contribution in [0.5, 0.6) is 0 Å². The van der Waals surface area contributed by atoms with Crippen LogP contribution in [0.2, 0.25) is 0 Å². The quantitative estimate of drug-likeness (QED) is 0.428. The fourth-order valence-electron chi connectivity index (χ4n) is 3.11. The van der Waals surface area contributed by atoms with Gasteiger partial charge >= 0.3 is 0 Å². The molecule has 1 aromatic carbocycles. The van der Waals surface area contributed by atoms with Gasteiger partial charge in [0.25, 0.3) is 0 Å². The average molecular weight is 430 g/mol. The Morgan fingerprint density at radius 2 is 1.82 bits per heavy atom. The number of thiophene rings is 1. The first-order valence-corrected chi connectivity index (χ1v) is 11.2. The van der Waals surface area contributed by atoms with Crippen molar-refractivity contribution in [2.45, 2.75) is 12.0 Å². The van der Waals surface area contributed by atoms with Gasteiger partial charge in [0, 0.05) is 6.42 Å². The first-order valence-electron chi connectivity index (χ1n) is 8.92. The lowest BCUT2D eigenvalue weighted by atomic mass is 9.84. The maximum atomic E-state index is 11.5. The molecule has 0 bridgehead atoms. The number of morpholine rings is 1. The Balaban J connectivity index is 0.000000409. The van der Waals surface area contributed by atoms with Crippen molar-refractivity contribution in [3.8, 4) is 0 Å². The van der Waals surface area contributed by atoms with Crippen LogP contribution in [0.25, 0.3) is 0 Å². The summed E-state index contributed by atoms with van der Waals surface area (Å²) in [7, 11) is -1.34. The molecule has 1 saturated heterocycles. The SMILES string of the molecule is COS(=O)(=O)[O-].C[N+]1(CCC(O)(c2ccccc2)c2ccsc2)CCOCC1. The van der Waals surface area contributed by atoms with Crippen LogP contribution in [-0.2, 0) is 24.9 Å². The van der Waals surface area contributed by atoms with Crippen LogP contribution in [0.1, 0.15) is 17.5 Å². The van der Waals surface area contributed by atoms with Crippen LogP contribution in [-0.4, -0.2) is 69.6 Å². The number of rotatable bonds is 6. The highest BCUT2D eigenvalue weighted by molar-refractivity contribution is 7.80. The third kappa shape index (κ3) is 6.63. The van der Waals surface area contributed by atoms with Gasteiger partial charge in [0.15, 0.2) is 0 Å². The molecule has 0 radical (unpaired) electrons. The van der Waals surface area contributed by atoms with E-state index in [1.165, 1.54) is 0 Å². The second-order valence-corrected chi connectivity index (χ2v) is 8.90. The van der Waals surface area contributed by atoms with Gasteiger partial charge in [-0.2, -0.15) is 11.3 Å². The Labute approximate surface area is 170 Å². The van der Waals surface area contributed by atoms with Gasteiger partial charge in [-0.25, -0.2) is 8.42 Å². The lowest BCUT2D eigenvalue weighted by Crippen LogP contribution is -2.53. The maximum Gasteiger partial charge on any atom is 0.217 e. The van der Waals surface area contributed by atoms with Crippen molar-refractivity contribution in [3.63, 3.8) is 0 Å². The Morgan fingerprint density at radius 3 is 2.32 bits per heavy atom. The summed E-state index contributed by atoms with van der Waals surface area (Å²) in [6.45, 7) is 4.63. The first-order chi connectivity index (χ1) is 13.2. The molecule has 28 heavy (non-hydrogen) atoms. The molecule has 3 rings (SSSR count). The predicted molar refractivity (Wildman–Crippen MR) is 107 cm³/mol. The Kier molecular flexibility index (Phi) is 8.14. The van der Waals surface area contributed by atoms with Gasteiger partial charge in [-0.05, 0) is 28.0 Å². The van der Waals surface area contributed by atoms with Crippen LogP contribution in [0.3, 0.4) is 0 Å². The zero-order valence-corrected chi connectivity index (χ0v) is 17.7. The molecule has 1 N–H and O–H groups in total. The number of benzene rings is 1. The summed E-state index contributed by atoms with van der Waals surface area (Å²) in [5.41, 5.74) is 1.08. The van der Waals surface area contributed by atoms with Crippen molar-refractivity contribution in [1.29, 1.82) is 0 Å². The normalized spacial score (nSPS) is 18.6. The molecular weight excluding hydrogens is 402 g/mol. The van der Waals surface area contributed by atoms with Crippen LogP contribution in [0.15, 0.2) is 47.2 Å². The predicted octanol–water partition coefficient (Wildman–Crippen LogP) is 1.94. The highest BCUT2D eigenvalue weighted by Crippen LogP contribution is 2.35. The van der Waals surface area contributed by atoms with E-state index in [1.54, 1.807) is 11.3 Å². The fourth-order valence-corrected chi connectivity index (χ4v) is 3.83. The van der Waals surface area contributed by atoms with Crippen LogP contribution in [0.4, 0.5) is 0 Å². The first kappa shape index (κ1) is 23.0. The minimum Gasteiger partial charge on any atom is -0.726 e. The van der Waals surface area contributed by atoms with E-state index in [0.29, 0.717) is 0 Å². The Hall–Kier alpha value is -1.33. The van der Waals surface area contributed by atoms with E-state index in [0.717, 1.165) is 62.0 Å². The van der Waals surface area contributed by atoms with Crippen LogP contribution < -0.4 is 0 Å². The molecule has 0 saturated carbocycles. The molecule has 0 aliphatic carbocycles. The fraction of sp³-hybridized carbons (Fsp3) is 0.474. The maximum absolute atomic E-state index is 11.5. The number of hydrogen-bond acceptors (Lipinski definition) is 7. The molecule has 1 fully saturated rings. The summed E-state index contributed by atoms with van der Waals surface area (Å²) in [6, 6.07) is 12.1. The molecule has 9 heteroatoms. The topological polar surface area (TPSA) is 95.9 Å². The third-order valence-electron chi connectivity index (χ3n) is 5.02. The molecule has 2 heterocycles. The van der Waals surface area contributed by atoms with Crippen LogP contribution >= 0.6 is 11.3 Å². The van der Waals surface area contributed by atoms with Crippen molar-refractivity contribution in [2.24, 2.45) is 0 Å². The largest absolute Gasteiger partial charge is 0.726 e. The van der Waals surface area contributed by atoms with Crippen LogP contribution in [0, 0.1) is 0 Å². The standard InChI is InChI=1S/C18H24NO2S.CH4O4S/c1-19(10-12-21-13-11-19)9-8-18(20,17-7-14-22-15-17)16-5-3-2-4-6-16;1-5-6(2,3)4/h2-7,14-15,20H,8-13H2,1H3;1H3,(H,2,3,4)/q+1;/p-1. The van der Waals surface area contributed by atoms with E-state index in [9.17, 15) is 18.1 Å². The molecule has 1 atom stereocenters. The molecule has 1 aliphatic heterocycles. The summed E-state index contributed by atoms with van der Waals surface area (Å²) in [5, 5.41) is 15.6. The van der Waals surface area contributed by atoms with Gasteiger partial charge in [-0.3, -0.25) is 4.18 Å². The molecule has 0 amide bonds. The smallest absolute Gasteiger partial charge is 0.217 e. The van der Waals surface area contributed by atoms with Gasteiger partial charge in [0.2, 0.25) is 10.4 Å². The number of nitrogens with zero attached hydrogens (tertiary/aromatic N) is 1. The van der Waals surface area contributed by atoms with Gasteiger partial charge < -0.3 is 18.9 Å². The van der Waals surface area contributed by atoms with Gasteiger partial charge in [-0.15, -0.1) is 0 Å². The monoisotopic (exact) mass is 429 g/mol. The molecule has 156 valence electrons. The summed E-state index contributed by atoms with van der Waals surface area (Å²) < 4.78 is 37.5. The lowest BCUT2D eigenvalue weighted by Gasteiger charge is -2.40. The summed E-state index contributed by atoms with van der Waals surface area (Å²) in [4.78, 5) is 0. The van der Waals surface area contributed by atoms with E-state index in [-0.39, 0.29) is 0 Å². The second kappa shape index (κ2) is 9.93. The highest BCUT2D eigenvalue weighted by Gasteiger charge is 2.36. The molecule has 1 unspecified atom stereocenters. The second-order valence-electron chi connectivity index (χ2n) is 6.97. The van der Waals surface area contributed by atoms with Crippen molar-refractivity contribution >= 4 is 21.7 Å². The highest BCUT2D eigenvalue weighted by atomic mass is 32.3. The summed E-state index contributed by atoms with van der Waals surface area (Å²) in [5.74, 6) is 0. The number of hydrogen-bond donors (Lipinski definition) is 1. The van der Waals surface area contributed by atoms with Gasteiger partial charge in [0.1, 0.15) is 18.7 Å². The number of ether oxygens (including phenoxy) is 1. The van der Waals surface area contributed by atoms with E-state index in [2.05, 4.69) is 16.6 Å². The summed E-state index contributed by atoms with van der Waals surface area (Å²) >= 11 is 1.64. The van der Waals surface area contributed by atoms with Crippen molar-refractivity contribution in [2.75, 3.05) is 47.0 Å². The Morgan fingerprint density at radius 1 is 1.21 bits per heavy atom. The van der Waals surface area contributed by atoms with Crippen molar-refractivity contribution in [1.82, 2.24) is 0 Å². The van der Waals surface area contributed by atoms with E-state index in [1.807, 2.05) is 41.8 Å². The van der Waals surface area contributed by atoms with Gasteiger partial charge in [-0.1, -0.05) is 30.3 Å². The zero-order valence-electron chi connectivity index (χ0n) is 16.1.